The summed E-state index contributed by atoms with van der Waals surface area (Å²) in [6, 6.07) is 8.99. The van der Waals surface area contributed by atoms with Crippen LogP contribution in [0.3, 0.4) is 0 Å². The second-order valence-corrected chi connectivity index (χ2v) is 3.64. The molecule has 1 aromatic rings. The summed E-state index contributed by atoms with van der Waals surface area (Å²) in [6.07, 6.45) is 0. The van der Waals surface area contributed by atoms with Crippen LogP contribution in [0.15, 0.2) is 30.3 Å². The van der Waals surface area contributed by atoms with E-state index in [0.717, 1.165) is 0 Å². The van der Waals surface area contributed by atoms with Gasteiger partial charge in [0.25, 0.3) is 5.91 Å². The first-order valence-corrected chi connectivity index (χ1v) is 5.80. The number of nitrogens with one attached hydrogen (secondary N) is 1. The average Bonchev–Trinajstić information content (AvgIpc) is 2.36. The fourth-order valence-electron chi connectivity index (χ4n) is 1.52. The average molecular weight is 234 g/mol. The maximum absolute atomic E-state index is 12.1. The molecule has 1 aromatic carbocycles. The van der Waals surface area contributed by atoms with E-state index in [0.29, 0.717) is 18.7 Å². The molecular weight excluding hydrogens is 216 g/mol. The molecule has 17 heavy (non-hydrogen) atoms. The maximum Gasteiger partial charge on any atom is 0.254 e. The van der Waals surface area contributed by atoms with Crippen LogP contribution in [0.5, 0.6) is 0 Å². The van der Waals surface area contributed by atoms with Crippen LogP contribution in [0.25, 0.3) is 0 Å². The van der Waals surface area contributed by atoms with E-state index in [1.54, 1.807) is 12.1 Å². The van der Waals surface area contributed by atoms with Crippen molar-refractivity contribution in [2.45, 2.75) is 13.8 Å². The molecule has 0 aromatic heterocycles. The molecule has 0 spiro atoms. The number of carbonyl (C=O) groups is 2. The molecule has 0 heterocycles. The maximum atomic E-state index is 12.1. The van der Waals surface area contributed by atoms with E-state index in [1.807, 2.05) is 32.0 Å². The van der Waals surface area contributed by atoms with Crippen molar-refractivity contribution in [3.05, 3.63) is 35.9 Å². The minimum absolute atomic E-state index is 0.109. The molecule has 0 saturated heterocycles. The zero-order valence-electron chi connectivity index (χ0n) is 10.3. The highest BCUT2D eigenvalue weighted by molar-refractivity contribution is 5.96. The predicted octanol–water partition coefficient (Wildman–Crippen LogP) is 1.28. The lowest BCUT2D eigenvalue weighted by Crippen LogP contribution is -2.40. The SMILES string of the molecule is CCNC(=O)CN(CC)C(=O)c1ccccc1. The number of amides is 2. The van der Waals surface area contributed by atoms with Crippen LogP contribution in [-0.4, -0.2) is 36.3 Å². The molecule has 1 N–H and O–H groups in total. The van der Waals surface area contributed by atoms with Crippen molar-refractivity contribution < 1.29 is 9.59 Å². The number of nitrogens with zero attached hydrogens (tertiary/aromatic N) is 1. The largest absolute Gasteiger partial charge is 0.355 e. The molecule has 0 aliphatic rings. The van der Waals surface area contributed by atoms with Gasteiger partial charge in [-0.3, -0.25) is 9.59 Å². The molecule has 4 nitrogen and oxygen atoms in total. The van der Waals surface area contributed by atoms with E-state index in [9.17, 15) is 9.59 Å². The van der Waals surface area contributed by atoms with Crippen LogP contribution in [0, 0.1) is 0 Å². The minimum Gasteiger partial charge on any atom is -0.355 e. The quantitative estimate of drug-likeness (QED) is 0.834. The fourth-order valence-corrected chi connectivity index (χ4v) is 1.52. The highest BCUT2D eigenvalue weighted by Crippen LogP contribution is 2.04. The number of rotatable bonds is 5. The summed E-state index contributed by atoms with van der Waals surface area (Å²) in [5.74, 6) is -0.238. The van der Waals surface area contributed by atoms with Gasteiger partial charge in [-0.05, 0) is 26.0 Å². The third-order valence-corrected chi connectivity index (χ3v) is 2.40. The van der Waals surface area contributed by atoms with Gasteiger partial charge in [0, 0.05) is 18.7 Å². The molecule has 0 saturated carbocycles. The lowest BCUT2D eigenvalue weighted by Gasteiger charge is -2.20. The summed E-state index contributed by atoms with van der Waals surface area (Å²) in [7, 11) is 0. The van der Waals surface area contributed by atoms with Crippen molar-refractivity contribution in [1.82, 2.24) is 10.2 Å². The molecule has 92 valence electrons. The van der Waals surface area contributed by atoms with E-state index in [2.05, 4.69) is 5.32 Å². The number of likely N-dealkylation sites (N-methyl/N-ethyl adjacent to an activating group) is 2. The van der Waals surface area contributed by atoms with Crippen LogP contribution < -0.4 is 5.32 Å². The van der Waals surface area contributed by atoms with E-state index in [1.165, 1.54) is 4.90 Å². The first-order chi connectivity index (χ1) is 8.19. The Labute approximate surface area is 102 Å². The Balaban J connectivity index is 2.68. The Hall–Kier alpha value is -1.84. The topological polar surface area (TPSA) is 49.4 Å². The van der Waals surface area contributed by atoms with Crippen molar-refractivity contribution in [2.75, 3.05) is 19.6 Å². The Morgan fingerprint density at radius 1 is 1.18 bits per heavy atom. The van der Waals surface area contributed by atoms with E-state index < -0.39 is 0 Å². The molecule has 0 bridgehead atoms. The van der Waals surface area contributed by atoms with E-state index in [-0.39, 0.29) is 18.4 Å². The standard InChI is InChI=1S/C13H18N2O2/c1-3-14-12(16)10-15(4-2)13(17)11-8-6-5-7-9-11/h5-9H,3-4,10H2,1-2H3,(H,14,16). The summed E-state index contributed by atoms with van der Waals surface area (Å²) in [6.45, 7) is 4.92. The lowest BCUT2D eigenvalue weighted by molar-refractivity contribution is -0.121. The van der Waals surface area contributed by atoms with Crippen molar-refractivity contribution in [2.24, 2.45) is 0 Å². The van der Waals surface area contributed by atoms with Gasteiger partial charge in [-0.1, -0.05) is 18.2 Å². The second-order valence-electron chi connectivity index (χ2n) is 3.64. The molecule has 2 amide bonds. The number of benzene rings is 1. The van der Waals surface area contributed by atoms with E-state index in [4.69, 9.17) is 0 Å². The summed E-state index contributed by atoms with van der Waals surface area (Å²) in [4.78, 5) is 25.0. The van der Waals surface area contributed by atoms with Crippen molar-refractivity contribution >= 4 is 11.8 Å². The van der Waals surface area contributed by atoms with Crippen LogP contribution in [0.2, 0.25) is 0 Å². The highest BCUT2D eigenvalue weighted by atomic mass is 16.2. The lowest BCUT2D eigenvalue weighted by atomic mass is 10.2. The van der Waals surface area contributed by atoms with Crippen molar-refractivity contribution in [3.63, 3.8) is 0 Å². The van der Waals surface area contributed by atoms with Gasteiger partial charge in [0.2, 0.25) is 5.91 Å². The molecule has 0 fully saturated rings. The number of hydrogen-bond acceptors (Lipinski definition) is 2. The monoisotopic (exact) mass is 234 g/mol. The molecular formula is C13H18N2O2. The first kappa shape index (κ1) is 13.2. The number of hydrogen-bond donors (Lipinski definition) is 1. The van der Waals surface area contributed by atoms with Crippen LogP contribution >= 0.6 is 0 Å². The van der Waals surface area contributed by atoms with Gasteiger partial charge in [-0.25, -0.2) is 0 Å². The van der Waals surface area contributed by atoms with Gasteiger partial charge in [-0.15, -0.1) is 0 Å². The smallest absolute Gasteiger partial charge is 0.254 e. The molecule has 0 radical (unpaired) electrons. The highest BCUT2D eigenvalue weighted by Gasteiger charge is 2.16. The number of carbonyl (C=O) groups excluding carboxylic acids is 2. The normalized spacial score (nSPS) is 9.76. The molecule has 0 aliphatic heterocycles. The van der Waals surface area contributed by atoms with Crippen LogP contribution in [-0.2, 0) is 4.79 Å². The molecule has 0 aliphatic carbocycles. The molecule has 0 unspecified atom stereocenters. The summed E-state index contributed by atoms with van der Waals surface area (Å²) in [5, 5.41) is 2.68. The fraction of sp³-hybridized carbons (Fsp3) is 0.385. The third-order valence-electron chi connectivity index (χ3n) is 2.40. The van der Waals surface area contributed by atoms with E-state index >= 15 is 0 Å². The Bertz CT molecular complexity index is 376. The predicted molar refractivity (Wildman–Crippen MR) is 66.7 cm³/mol. The van der Waals surface area contributed by atoms with Gasteiger partial charge < -0.3 is 10.2 Å². The molecule has 0 atom stereocenters. The molecule has 4 heteroatoms. The van der Waals surface area contributed by atoms with Gasteiger partial charge >= 0.3 is 0 Å². The summed E-state index contributed by atoms with van der Waals surface area (Å²) in [5.41, 5.74) is 0.610. The van der Waals surface area contributed by atoms with Gasteiger partial charge in [0.1, 0.15) is 0 Å². The first-order valence-electron chi connectivity index (χ1n) is 5.80. The second kappa shape index (κ2) is 6.68. The Morgan fingerprint density at radius 2 is 1.82 bits per heavy atom. The minimum atomic E-state index is -0.126. The van der Waals surface area contributed by atoms with Gasteiger partial charge in [0.15, 0.2) is 0 Å². The van der Waals surface area contributed by atoms with Crippen molar-refractivity contribution in [1.29, 1.82) is 0 Å². The van der Waals surface area contributed by atoms with Gasteiger partial charge in [0.05, 0.1) is 6.54 Å². The zero-order chi connectivity index (χ0) is 12.7. The van der Waals surface area contributed by atoms with Crippen molar-refractivity contribution in [3.8, 4) is 0 Å². The Kier molecular flexibility index (Phi) is 5.20. The summed E-state index contributed by atoms with van der Waals surface area (Å²) < 4.78 is 0. The third kappa shape index (κ3) is 3.90. The van der Waals surface area contributed by atoms with Crippen LogP contribution in [0.1, 0.15) is 24.2 Å². The summed E-state index contributed by atoms with van der Waals surface area (Å²) >= 11 is 0. The van der Waals surface area contributed by atoms with Gasteiger partial charge in [-0.2, -0.15) is 0 Å². The van der Waals surface area contributed by atoms with Crippen LogP contribution in [0.4, 0.5) is 0 Å². The zero-order valence-corrected chi connectivity index (χ0v) is 10.3. The molecule has 1 rings (SSSR count). The Morgan fingerprint density at radius 3 is 2.35 bits per heavy atom.